The third kappa shape index (κ3) is 2.60. The lowest BCUT2D eigenvalue weighted by molar-refractivity contribution is 0.0706. The van der Waals surface area contributed by atoms with Gasteiger partial charge in [0.15, 0.2) is 0 Å². The minimum Gasteiger partial charge on any atom is -0.397 e. The standard InChI is InChI=1S/C15H22N4OS/c1-6-8(3)19(7-2)15(20)13-12(16)11-9(4)10(5)17-18-14(11)21-13/h8H,6-7,16H2,1-5H3. The van der Waals surface area contributed by atoms with Crippen LogP contribution in [0.4, 0.5) is 5.69 Å². The molecule has 1 amide bonds. The molecule has 1 unspecified atom stereocenters. The number of anilines is 1. The smallest absolute Gasteiger partial charge is 0.266 e. The Morgan fingerprint density at radius 2 is 2.00 bits per heavy atom. The van der Waals surface area contributed by atoms with Crippen molar-refractivity contribution in [3.05, 3.63) is 16.1 Å². The fraction of sp³-hybridized carbons (Fsp3) is 0.533. The maximum absolute atomic E-state index is 12.8. The summed E-state index contributed by atoms with van der Waals surface area (Å²) in [5, 5.41) is 9.16. The van der Waals surface area contributed by atoms with Gasteiger partial charge in [0.05, 0.1) is 11.4 Å². The predicted molar refractivity (Wildman–Crippen MR) is 87.8 cm³/mol. The van der Waals surface area contributed by atoms with Crippen LogP contribution in [0.3, 0.4) is 0 Å². The van der Waals surface area contributed by atoms with E-state index in [2.05, 4.69) is 24.0 Å². The lowest BCUT2D eigenvalue weighted by atomic mass is 10.1. The number of thiophene rings is 1. The molecule has 2 aromatic rings. The van der Waals surface area contributed by atoms with Crippen molar-refractivity contribution >= 4 is 33.1 Å². The molecular formula is C15H22N4OS. The molecule has 0 aliphatic rings. The molecule has 21 heavy (non-hydrogen) atoms. The highest BCUT2D eigenvalue weighted by molar-refractivity contribution is 7.21. The molecule has 0 radical (unpaired) electrons. The molecule has 0 spiro atoms. The minimum atomic E-state index is -0.00981. The normalized spacial score (nSPS) is 12.6. The first-order chi connectivity index (χ1) is 9.92. The quantitative estimate of drug-likeness (QED) is 0.942. The maximum Gasteiger partial charge on any atom is 0.266 e. The molecule has 0 fully saturated rings. The third-order valence-electron chi connectivity index (χ3n) is 4.05. The maximum atomic E-state index is 12.8. The highest BCUT2D eigenvalue weighted by atomic mass is 32.1. The van der Waals surface area contributed by atoms with Crippen molar-refractivity contribution in [3.8, 4) is 0 Å². The number of hydrogen-bond donors (Lipinski definition) is 1. The largest absolute Gasteiger partial charge is 0.397 e. The van der Waals surface area contributed by atoms with Crippen LogP contribution in [0.2, 0.25) is 0 Å². The number of hydrogen-bond acceptors (Lipinski definition) is 5. The van der Waals surface area contributed by atoms with Gasteiger partial charge in [-0.25, -0.2) is 0 Å². The van der Waals surface area contributed by atoms with Crippen LogP contribution < -0.4 is 5.73 Å². The van der Waals surface area contributed by atoms with Crippen molar-refractivity contribution in [3.63, 3.8) is 0 Å². The fourth-order valence-corrected chi connectivity index (χ4v) is 3.46. The van der Waals surface area contributed by atoms with Crippen LogP contribution in [0, 0.1) is 13.8 Å². The van der Waals surface area contributed by atoms with E-state index in [4.69, 9.17) is 5.73 Å². The Hall–Kier alpha value is -1.69. The van der Waals surface area contributed by atoms with Gasteiger partial charge in [-0.2, -0.15) is 5.10 Å². The van der Waals surface area contributed by atoms with Gasteiger partial charge in [0, 0.05) is 18.0 Å². The summed E-state index contributed by atoms with van der Waals surface area (Å²) in [5.41, 5.74) is 8.62. The van der Waals surface area contributed by atoms with Gasteiger partial charge in [0.25, 0.3) is 5.91 Å². The van der Waals surface area contributed by atoms with E-state index in [0.717, 1.165) is 27.9 Å². The van der Waals surface area contributed by atoms with Crippen LogP contribution in [-0.2, 0) is 0 Å². The van der Waals surface area contributed by atoms with Crippen LogP contribution in [0.15, 0.2) is 0 Å². The summed E-state index contributed by atoms with van der Waals surface area (Å²) in [6.45, 7) is 10.7. The molecule has 0 saturated heterocycles. The summed E-state index contributed by atoms with van der Waals surface area (Å²) in [5.74, 6) is -0.00981. The first kappa shape index (κ1) is 15.7. The monoisotopic (exact) mass is 306 g/mol. The van der Waals surface area contributed by atoms with Gasteiger partial charge in [-0.15, -0.1) is 16.4 Å². The van der Waals surface area contributed by atoms with E-state index in [9.17, 15) is 4.79 Å². The van der Waals surface area contributed by atoms with E-state index in [-0.39, 0.29) is 11.9 Å². The van der Waals surface area contributed by atoms with Gasteiger partial charge in [0.1, 0.15) is 9.71 Å². The Balaban J connectivity index is 2.54. The van der Waals surface area contributed by atoms with Crippen molar-refractivity contribution in [2.45, 2.75) is 47.1 Å². The molecule has 0 bridgehead atoms. The van der Waals surface area contributed by atoms with Crippen molar-refractivity contribution in [2.75, 3.05) is 12.3 Å². The van der Waals surface area contributed by atoms with Crippen molar-refractivity contribution in [1.82, 2.24) is 15.1 Å². The molecule has 2 N–H and O–H groups in total. The SMILES string of the molecule is CCC(C)N(CC)C(=O)c1sc2nnc(C)c(C)c2c1N. The van der Waals surface area contributed by atoms with Crippen molar-refractivity contribution < 1.29 is 4.79 Å². The van der Waals surface area contributed by atoms with Gasteiger partial charge >= 0.3 is 0 Å². The van der Waals surface area contributed by atoms with Gasteiger partial charge in [-0.1, -0.05) is 6.92 Å². The first-order valence-electron chi connectivity index (χ1n) is 7.25. The zero-order valence-corrected chi connectivity index (χ0v) is 14.0. The third-order valence-corrected chi connectivity index (χ3v) is 5.13. The number of amides is 1. The Labute approximate surface area is 129 Å². The second kappa shape index (κ2) is 5.97. The molecule has 114 valence electrons. The summed E-state index contributed by atoms with van der Waals surface area (Å²) in [7, 11) is 0. The molecule has 6 heteroatoms. The molecule has 2 aromatic heterocycles. The number of nitrogen functional groups attached to an aromatic ring is 1. The predicted octanol–water partition coefficient (Wildman–Crippen LogP) is 3.15. The number of nitrogens with zero attached hydrogens (tertiary/aromatic N) is 3. The van der Waals surface area contributed by atoms with E-state index >= 15 is 0 Å². The molecular weight excluding hydrogens is 284 g/mol. The van der Waals surface area contributed by atoms with Crippen LogP contribution in [0.25, 0.3) is 10.2 Å². The lowest BCUT2D eigenvalue weighted by Gasteiger charge is -2.26. The number of aryl methyl sites for hydroxylation is 2. The molecule has 1 atom stereocenters. The number of nitrogens with two attached hydrogens (primary N) is 1. The Bertz CT molecular complexity index is 680. The van der Waals surface area contributed by atoms with E-state index in [0.29, 0.717) is 17.1 Å². The van der Waals surface area contributed by atoms with E-state index in [1.54, 1.807) is 0 Å². The van der Waals surface area contributed by atoms with Crippen molar-refractivity contribution in [2.24, 2.45) is 0 Å². The Morgan fingerprint density at radius 1 is 1.33 bits per heavy atom. The molecule has 0 aliphatic carbocycles. The number of aromatic nitrogens is 2. The van der Waals surface area contributed by atoms with E-state index in [1.807, 2.05) is 25.7 Å². The van der Waals surface area contributed by atoms with Crippen molar-refractivity contribution in [1.29, 1.82) is 0 Å². The topological polar surface area (TPSA) is 72.1 Å². The zero-order valence-electron chi connectivity index (χ0n) is 13.2. The second-order valence-electron chi connectivity index (χ2n) is 5.28. The summed E-state index contributed by atoms with van der Waals surface area (Å²) in [4.78, 5) is 15.9. The average molecular weight is 306 g/mol. The summed E-state index contributed by atoms with van der Waals surface area (Å²) >= 11 is 1.34. The molecule has 0 aromatic carbocycles. The average Bonchev–Trinajstić information content (AvgIpc) is 2.81. The van der Waals surface area contributed by atoms with E-state index in [1.165, 1.54) is 11.3 Å². The highest BCUT2D eigenvalue weighted by Crippen LogP contribution is 2.35. The molecule has 0 saturated carbocycles. The lowest BCUT2D eigenvalue weighted by Crippen LogP contribution is -2.37. The summed E-state index contributed by atoms with van der Waals surface area (Å²) < 4.78 is 0. The molecule has 2 heterocycles. The second-order valence-corrected chi connectivity index (χ2v) is 6.28. The Morgan fingerprint density at radius 3 is 2.57 bits per heavy atom. The minimum absolute atomic E-state index is 0.00981. The van der Waals surface area contributed by atoms with Gasteiger partial charge in [-0.05, 0) is 39.7 Å². The van der Waals surface area contributed by atoms with Crippen LogP contribution >= 0.6 is 11.3 Å². The number of carbonyl (C=O) groups is 1. The van der Waals surface area contributed by atoms with Crippen LogP contribution in [-0.4, -0.2) is 33.6 Å². The molecule has 2 rings (SSSR count). The van der Waals surface area contributed by atoms with Gasteiger partial charge in [0.2, 0.25) is 0 Å². The summed E-state index contributed by atoms with van der Waals surface area (Å²) in [6, 6.07) is 0.195. The van der Waals surface area contributed by atoms with Gasteiger partial charge in [-0.3, -0.25) is 4.79 Å². The molecule has 0 aliphatic heterocycles. The van der Waals surface area contributed by atoms with Crippen LogP contribution in [0.1, 0.15) is 48.1 Å². The number of rotatable bonds is 4. The van der Waals surface area contributed by atoms with Gasteiger partial charge < -0.3 is 10.6 Å². The number of fused-ring (bicyclic) bond motifs is 1. The first-order valence-corrected chi connectivity index (χ1v) is 8.06. The zero-order chi connectivity index (χ0) is 15.7. The highest BCUT2D eigenvalue weighted by Gasteiger charge is 2.25. The Kier molecular flexibility index (Phi) is 4.46. The summed E-state index contributed by atoms with van der Waals surface area (Å²) in [6.07, 6.45) is 0.919. The van der Waals surface area contributed by atoms with Crippen LogP contribution in [0.5, 0.6) is 0 Å². The number of carbonyl (C=O) groups excluding carboxylic acids is 1. The molecule has 5 nitrogen and oxygen atoms in total. The fourth-order valence-electron chi connectivity index (χ4n) is 2.41. The van der Waals surface area contributed by atoms with E-state index < -0.39 is 0 Å².